The third-order valence-electron chi connectivity index (χ3n) is 2.88. The SMILES string of the molecule is O=C(c1ccc(-c2ccco2)o1)N1CCOCC1. The monoisotopic (exact) mass is 247 g/mol. The third kappa shape index (κ3) is 2.04. The maximum atomic E-state index is 12.1. The molecule has 0 atom stereocenters. The van der Waals surface area contributed by atoms with Gasteiger partial charge in [-0.25, -0.2) is 0 Å². The van der Waals surface area contributed by atoms with Gasteiger partial charge in [-0.05, 0) is 24.3 Å². The highest BCUT2D eigenvalue weighted by atomic mass is 16.5. The van der Waals surface area contributed by atoms with Crippen LogP contribution in [0.3, 0.4) is 0 Å². The summed E-state index contributed by atoms with van der Waals surface area (Å²) in [5.74, 6) is 1.42. The van der Waals surface area contributed by atoms with Crippen molar-refractivity contribution in [3.63, 3.8) is 0 Å². The standard InChI is InChI=1S/C13H13NO4/c15-13(14-5-8-16-9-6-14)12-4-3-11(18-12)10-2-1-7-17-10/h1-4,7H,5-6,8-9H2. The summed E-state index contributed by atoms with van der Waals surface area (Å²) >= 11 is 0. The minimum absolute atomic E-state index is 0.101. The Balaban J connectivity index is 1.78. The molecule has 0 unspecified atom stereocenters. The van der Waals surface area contributed by atoms with Crippen molar-refractivity contribution in [1.29, 1.82) is 0 Å². The number of hydrogen-bond acceptors (Lipinski definition) is 4. The summed E-state index contributed by atoms with van der Waals surface area (Å²) in [5, 5.41) is 0. The fraction of sp³-hybridized carbons (Fsp3) is 0.308. The Morgan fingerprint density at radius 3 is 2.67 bits per heavy atom. The highest BCUT2D eigenvalue weighted by Crippen LogP contribution is 2.23. The average molecular weight is 247 g/mol. The van der Waals surface area contributed by atoms with Crippen molar-refractivity contribution < 1.29 is 18.4 Å². The molecule has 1 saturated heterocycles. The van der Waals surface area contributed by atoms with Crippen molar-refractivity contribution in [2.75, 3.05) is 26.3 Å². The van der Waals surface area contributed by atoms with Crippen LogP contribution in [0.4, 0.5) is 0 Å². The van der Waals surface area contributed by atoms with Gasteiger partial charge in [0.25, 0.3) is 5.91 Å². The first-order valence-electron chi connectivity index (χ1n) is 5.85. The lowest BCUT2D eigenvalue weighted by molar-refractivity contribution is 0.0283. The first-order chi connectivity index (χ1) is 8.84. The Kier molecular flexibility index (Phi) is 2.90. The molecule has 0 aromatic carbocycles. The lowest BCUT2D eigenvalue weighted by Gasteiger charge is -2.25. The number of carbonyl (C=O) groups is 1. The van der Waals surface area contributed by atoms with Gasteiger partial charge in [0, 0.05) is 13.1 Å². The van der Waals surface area contributed by atoms with Crippen LogP contribution < -0.4 is 0 Å². The number of hydrogen-bond donors (Lipinski definition) is 0. The molecule has 18 heavy (non-hydrogen) atoms. The van der Waals surface area contributed by atoms with Crippen LogP contribution in [0.1, 0.15) is 10.6 Å². The minimum Gasteiger partial charge on any atom is -0.461 e. The molecule has 1 amide bonds. The lowest BCUT2D eigenvalue weighted by atomic mass is 10.3. The minimum atomic E-state index is -0.101. The molecule has 1 aliphatic rings. The zero-order valence-corrected chi connectivity index (χ0v) is 9.80. The van der Waals surface area contributed by atoms with Crippen LogP contribution in [-0.2, 0) is 4.74 Å². The molecule has 1 fully saturated rings. The van der Waals surface area contributed by atoms with E-state index in [1.54, 1.807) is 35.4 Å². The Hall–Kier alpha value is -2.01. The Morgan fingerprint density at radius 1 is 1.11 bits per heavy atom. The molecule has 0 radical (unpaired) electrons. The van der Waals surface area contributed by atoms with E-state index in [9.17, 15) is 4.79 Å². The third-order valence-corrected chi connectivity index (χ3v) is 2.88. The van der Waals surface area contributed by atoms with Gasteiger partial charge in [-0.2, -0.15) is 0 Å². The summed E-state index contributed by atoms with van der Waals surface area (Å²) in [6.07, 6.45) is 1.57. The van der Waals surface area contributed by atoms with Gasteiger partial charge in [0.1, 0.15) is 0 Å². The van der Waals surface area contributed by atoms with Crippen molar-refractivity contribution in [2.45, 2.75) is 0 Å². The molecule has 5 heteroatoms. The maximum Gasteiger partial charge on any atom is 0.289 e. The largest absolute Gasteiger partial charge is 0.461 e. The molecule has 0 aliphatic carbocycles. The van der Waals surface area contributed by atoms with Crippen LogP contribution in [0.2, 0.25) is 0 Å². The van der Waals surface area contributed by atoms with E-state index in [0.29, 0.717) is 43.6 Å². The Bertz CT molecular complexity index is 523. The van der Waals surface area contributed by atoms with Crippen molar-refractivity contribution in [3.05, 3.63) is 36.3 Å². The summed E-state index contributed by atoms with van der Waals surface area (Å²) in [6, 6.07) is 6.99. The second-order valence-electron chi connectivity index (χ2n) is 4.05. The first-order valence-corrected chi connectivity index (χ1v) is 5.85. The molecule has 0 N–H and O–H groups in total. The first kappa shape index (κ1) is 11.1. The number of rotatable bonds is 2. The molecule has 0 spiro atoms. The molecule has 0 bridgehead atoms. The number of furan rings is 2. The van der Waals surface area contributed by atoms with Crippen LogP contribution in [0.15, 0.2) is 39.4 Å². The number of morpholine rings is 1. The van der Waals surface area contributed by atoms with Gasteiger partial charge in [-0.3, -0.25) is 4.79 Å². The second kappa shape index (κ2) is 4.70. The molecule has 3 heterocycles. The van der Waals surface area contributed by atoms with Gasteiger partial charge < -0.3 is 18.5 Å². The molecule has 3 rings (SSSR count). The van der Waals surface area contributed by atoms with Gasteiger partial charge in [0.15, 0.2) is 17.3 Å². The average Bonchev–Trinajstić information content (AvgIpc) is 3.09. The van der Waals surface area contributed by atoms with Gasteiger partial charge in [0.05, 0.1) is 19.5 Å². The van der Waals surface area contributed by atoms with E-state index in [2.05, 4.69) is 0 Å². The van der Waals surface area contributed by atoms with E-state index in [0.717, 1.165) is 0 Å². The predicted molar refractivity (Wildman–Crippen MR) is 63.1 cm³/mol. The summed E-state index contributed by atoms with van der Waals surface area (Å²) in [6.45, 7) is 2.38. The molecule has 0 saturated carbocycles. The van der Waals surface area contributed by atoms with Crippen molar-refractivity contribution >= 4 is 5.91 Å². The molecular formula is C13H13NO4. The summed E-state index contributed by atoms with van der Waals surface area (Å²) in [7, 11) is 0. The number of amides is 1. The quantitative estimate of drug-likeness (QED) is 0.814. The van der Waals surface area contributed by atoms with E-state index >= 15 is 0 Å². The lowest BCUT2D eigenvalue weighted by Crippen LogP contribution is -2.40. The fourth-order valence-electron chi connectivity index (χ4n) is 1.93. The van der Waals surface area contributed by atoms with Crippen molar-refractivity contribution in [1.82, 2.24) is 4.90 Å². The molecule has 2 aromatic rings. The van der Waals surface area contributed by atoms with E-state index in [-0.39, 0.29) is 5.91 Å². The molecule has 1 aliphatic heterocycles. The maximum absolute atomic E-state index is 12.1. The molecule has 94 valence electrons. The van der Waals surface area contributed by atoms with Gasteiger partial charge in [-0.1, -0.05) is 0 Å². The summed E-state index contributed by atoms with van der Waals surface area (Å²) in [5.41, 5.74) is 0. The molecule has 5 nitrogen and oxygen atoms in total. The van der Waals surface area contributed by atoms with E-state index in [4.69, 9.17) is 13.6 Å². The number of ether oxygens (including phenoxy) is 1. The summed E-state index contributed by atoms with van der Waals surface area (Å²) in [4.78, 5) is 13.9. The van der Waals surface area contributed by atoms with Gasteiger partial charge >= 0.3 is 0 Å². The van der Waals surface area contributed by atoms with Crippen LogP contribution in [-0.4, -0.2) is 37.1 Å². The highest BCUT2D eigenvalue weighted by molar-refractivity contribution is 5.92. The van der Waals surface area contributed by atoms with E-state index in [1.165, 1.54) is 0 Å². The smallest absolute Gasteiger partial charge is 0.289 e. The van der Waals surface area contributed by atoms with Crippen LogP contribution >= 0.6 is 0 Å². The van der Waals surface area contributed by atoms with Crippen molar-refractivity contribution in [2.24, 2.45) is 0 Å². The van der Waals surface area contributed by atoms with Crippen LogP contribution in [0.5, 0.6) is 0 Å². The van der Waals surface area contributed by atoms with Crippen LogP contribution in [0.25, 0.3) is 11.5 Å². The number of carbonyl (C=O) groups excluding carboxylic acids is 1. The topological polar surface area (TPSA) is 55.8 Å². The molecule has 2 aromatic heterocycles. The van der Waals surface area contributed by atoms with E-state index in [1.807, 2.05) is 0 Å². The van der Waals surface area contributed by atoms with Gasteiger partial charge in [0.2, 0.25) is 0 Å². The normalized spacial score (nSPS) is 15.9. The second-order valence-corrected chi connectivity index (χ2v) is 4.05. The molecular weight excluding hydrogens is 234 g/mol. The van der Waals surface area contributed by atoms with Crippen molar-refractivity contribution in [3.8, 4) is 11.5 Å². The predicted octanol–water partition coefficient (Wildman–Crippen LogP) is 2.01. The Morgan fingerprint density at radius 2 is 1.94 bits per heavy atom. The zero-order valence-electron chi connectivity index (χ0n) is 9.80. The zero-order chi connectivity index (χ0) is 12.4. The van der Waals surface area contributed by atoms with Crippen LogP contribution in [0, 0.1) is 0 Å². The number of nitrogens with zero attached hydrogens (tertiary/aromatic N) is 1. The highest BCUT2D eigenvalue weighted by Gasteiger charge is 2.21. The Labute approximate surface area is 104 Å². The van der Waals surface area contributed by atoms with E-state index < -0.39 is 0 Å². The fourth-order valence-corrected chi connectivity index (χ4v) is 1.93. The summed E-state index contributed by atoms with van der Waals surface area (Å²) < 4.78 is 15.9. The van der Waals surface area contributed by atoms with Gasteiger partial charge in [-0.15, -0.1) is 0 Å².